The third-order valence-electron chi connectivity index (χ3n) is 4.18. The second-order valence-corrected chi connectivity index (χ2v) is 5.51. The standard InChI is InChI=1S/C13H25N3O/c1-11(14)12-5-9-16(10-6-12)13(17)15-7-3-2-4-8-15/h11-12H,2-10,14H2,1H3. The van der Waals surface area contributed by atoms with E-state index in [9.17, 15) is 4.79 Å². The van der Waals surface area contributed by atoms with Crippen LogP contribution in [-0.4, -0.2) is 48.1 Å². The first kappa shape index (κ1) is 12.7. The van der Waals surface area contributed by atoms with Gasteiger partial charge in [0.25, 0.3) is 0 Å². The normalized spacial score (nSPS) is 24.8. The minimum Gasteiger partial charge on any atom is -0.328 e. The Morgan fingerprint density at radius 1 is 1.06 bits per heavy atom. The van der Waals surface area contributed by atoms with Crippen LogP contribution >= 0.6 is 0 Å². The Balaban J connectivity index is 1.81. The van der Waals surface area contributed by atoms with E-state index in [1.54, 1.807) is 0 Å². The molecule has 0 aromatic heterocycles. The van der Waals surface area contributed by atoms with Gasteiger partial charge in [-0.05, 0) is 44.9 Å². The van der Waals surface area contributed by atoms with Crippen LogP contribution in [0.4, 0.5) is 4.79 Å². The van der Waals surface area contributed by atoms with Gasteiger partial charge in [0.1, 0.15) is 0 Å². The average Bonchev–Trinajstić information content (AvgIpc) is 2.39. The van der Waals surface area contributed by atoms with Crippen LogP contribution in [0.25, 0.3) is 0 Å². The van der Waals surface area contributed by atoms with Crippen LogP contribution in [0.15, 0.2) is 0 Å². The smallest absolute Gasteiger partial charge is 0.319 e. The highest BCUT2D eigenvalue weighted by Crippen LogP contribution is 2.21. The van der Waals surface area contributed by atoms with E-state index < -0.39 is 0 Å². The van der Waals surface area contributed by atoms with Crippen molar-refractivity contribution < 1.29 is 4.79 Å². The number of piperidine rings is 2. The van der Waals surface area contributed by atoms with Crippen LogP contribution in [0.3, 0.4) is 0 Å². The fourth-order valence-electron chi connectivity index (χ4n) is 2.90. The SMILES string of the molecule is CC(N)C1CCN(C(=O)N2CCCCC2)CC1. The maximum atomic E-state index is 12.3. The lowest BCUT2D eigenvalue weighted by atomic mass is 9.91. The van der Waals surface area contributed by atoms with Gasteiger partial charge >= 0.3 is 6.03 Å². The molecule has 0 radical (unpaired) electrons. The molecule has 4 heteroatoms. The van der Waals surface area contributed by atoms with Gasteiger partial charge in [-0.1, -0.05) is 0 Å². The molecule has 2 N–H and O–H groups in total. The Morgan fingerprint density at radius 2 is 1.59 bits per heavy atom. The number of hydrogen-bond donors (Lipinski definition) is 1. The Morgan fingerprint density at radius 3 is 2.12 bits per heavy atom. The number of carbonyl (C=O) groups excluding carboxylic acids is 1. The largest absolute Gasteiger partial charge is 0.328 e. The molecule has 0 saturated carbocycles. The van der Waals surface area contributed by atoms with Crippen LogP contribution in [-0.2, 0) is 0 Å². The molecular formula is C13H25N3O. The van der Waals surface area contributed by atoms with Crippen molar-refractivity contribution in [1.29, 1.82) is 0 Å². The monoisotopic (exact) mass is 239 g/mol. The highest BCUT2D eigenvalue weighted by molar-refractivity contribution is 5.74. The van der Waals surface area contributed by atoms with Gasteiger partial charge in [-0.2, -0.15) is 0 Å². The molecule has 0 spiro atoms. The Hall–Kier alpha value is -0.770. The summed E-state index contributed by atoms with van der Waals surface area (Å²) in [5.41, 5.74) is 5.92. The number of urea groups is 1. The molecule has 0 aromatic carbocycles. The van der Waals surface area contributed by atoms with Crippen LogP contribution in [0.2, 0.25) is 0 Å². The lowest BCUT2D eigenvalue weighted by Gasteiger charge is -2.38. The zero-order chi connectivity index (χ0) is 12.3. The quantitative estimate of drug-likeness (QED) is 0.756. The van der Waals surface area contributed by atoms with Gasteiger partial charge in [0.15, 0.2) is 0 Å². The highest BCUT2D eigenvalue weighted by Gasteiger charge is 2.28. The van der Waals surface area contributed by atoms with E-state index in [0.717, 1.165) is 39.0 Å². The molecule has 2 heterocycles. The average molecular weight is 239 g/mol. The van der Waals surface area contributed by atoms with Crippen LogP contribution in [0, 0.1) is 5.92 Å². The van der Waals surface area contributed by atoms with E-state index >= 15 is 0 Å². The third kappa shape index (κ3) is 3.12. The summed E-state index contributed by atoms with van der Waals surface area (Å²) >= 11 is 0. The van der Waals surface area contributed by atoms with E-state index in [0.29, 0.717) is 5.92 Å². The molecule has 2 amide bonds. The van der Waals surface area contributed by atoms with E-state index in [4.69, 9.17) is 5.73 Å². The van der Waals surface area contributed by atoms with Crippen LogP contribution < -0.4 is 5.73 Å². The number of carbonyl (C=O) groups is 1. The highest BCUT2D eigenvalue weighted by atomic mass is 16.2. The second kappa shape index (κ2) is 5.71. The van der Waals surface area contributed by atoms with E-state index in [1.165, 1.54) is 19.3 Å². The predicted octanol–water partition coefficient (Wildman–Crippen LogP) is 1.65. The van der Waals surface area contributed by atoms with Crippen LogP contribution in [0.5, 0.6) is 0 Å². The van der Waals surface area contributed by atoms with Gasteiger partial charge in [-0.15, -0.1) is 0 Å². The minimum absolute atomic E-state index is 0.257. The Bertz CT molecular complexity index is 253. The summed E-state index contributed by atoms with van der Waals surface area (Å²) in [5, 5.41) is 0. The zero-order valence-corrected chi connectivity index (χ0v) is 10.9. The number of nitrogens with two attached hydrogens (primary N) is 1. The molecule has 98 valence electrons. The van der Waals surface area contributed by atoms with Gasteiger partial charge in [-0.25, -0.2) is 4.79 Å². The number of hydrogen-bond acceptors (Lipinski definition) is 2. The summed E-state index contributed by atoms with van der Waals surface area (Å²) < 4.78 is 0. The fraction of sp³-hybridized carbons (Fsp3) is 0.923. The summed E-state index contributed by atoms with van der Waals surface area (Å²) in [4.78, 5) is 16.3. The molecule has 17 heavy (non-hydrogen) atoms. The summed E-state index contributed by atoms with van der Waals surface area (Å²) in [6.45, 7) is 5.76. The van der Waals surface area contributed by atoms with E-state index in [-0.39, 0.29) is 12.1 Å². The molecule has 2 fully saturated rings. The lowest BCUT2D eigenvalue weighted by Crippen LogP contribution is -2.49. The van der Waals surface area contributed by atoms with Crippen molar-refractivity contribution in [2.24, 2.45) is 11.7 Å². The summed E-state index contributed by atoms with van der Waals surface area (Å²) in [7, 11) is 0. The van der Waals surface area contributed by atoms with Crippen molar-refractivity contribution in [1.82, 2.24) is 9.80 Å². The molecule has 0 bridgehead atoms. The summed E-state index contributed by atoms with van der Waals surface area (Å²) in [6, 6.07) is 0.523. The predicted molar refractivity (Wildman–Crippen MR) is 68.8 cm³/mol. The topological polar surface area (TPSA) is 49.6 Å². The summed E-state index contributed by atoms with van der Waals surface area (Å²) in [6.07, 6.45) is 5.75. The molecular weight excluding hydrogens is 214 g/mol. The molecule has 0 aliphatic carbocycles. The molecule has 2 aliphatic heterocycles. The zero-order valence-electron chi connectivity index (χ0n) is 10.9. The van der Waals surface area contributed by atoms with Gasteiger partial charge in [0.05, 0.1) is 0 Å². The molecule has 1 atom stereocenters. The third-order valence-corrected chi connectivity index (χ3v) is 4.18. The van der Waals surface area contributed by atoms with Crippen molar-refractivity contribution >= 4 is 6.03 Å². The Kier molecular flexibility index (Phi) is 4.26. The number of rotatable bonds is 1. The summed E-state index contributed by atoms with van der Waals surface area (Å²) in [5.74, 6) is 0.598. The van der Waals surface area contributed by atoms with Crippen molar-refractivity contribution in [3.05, 3.63) is 0 Å². The second-order valence-electron chi connectivity index (χ2n) is 5.51. The molecule has 2 saturated heterocycles. The molecule has 0 aromatic rings. The number of nitrogens with zero attached hydrogens (tertiary/aromatic N) is 2. The van der Waals surface area contributed by atoms with Crippen molar-refractivity contribution in [2.45, 2.75) is 45.1 Å². The molecule has 4 nitrogen and oxygen atoms in total. The van der Waals surface area contributed by atoms with Gasteiger partial charge in [0.2, 0.25) is 0 Å². The lowest BCUT2D eigenvalue weighted by molar-refractivity contribution is 0.122. The Labute approximate surface area is 104 Å². The maximum absolute atomic E-state index is 12.3. The van der Waals surface area contributed by atoms with Crippen LogP contribution in [0.1, 0.15) is 39.0 Å². The molecule has 2 aliphatic rings. The number of amides is 2. The minimum atomic E-state index is 0.257. The van der Waals surface area contributed by atoms with E-state index in [1.807, 2.05) is 9.80 Å². The van der Waals surface area contributed by atoms with Crippen molar-refractivity contribution in [3.63, 3.8) is 0 Å². The van der Waals surface area contributed by atoms with Crippen molar-refractivity contribution in [3.8, 4) is 0 Å². The first-order valence-electron chi connectivity index (χ1n) is 6.98. The molecule has 1 unspecified atom stereocenters. The van der Waals surface area contributed by atoms with Gasteiger partial charge in [0, 0.05) is 32.2 Å². The first-order valence-corrected chi connectivity index (χ1v) is 6.98. The fourth-order valence-corrected chi connectivity index (χ4v) is 2.90. The molecule has 2 rings (SSSR count). The van der Waals surface area contributed by atoms with Gasteiger partial charge in [-0.3, -0.25) is 0 Å². The number of likely N-dealkylation sites (tertiary alicyclic amines) is 2. The first-order chi connectivity index (χ1) is 8.18. The maximum Gasteiger partial charge on any atom is 0.319 e. The van der Waals surface area contributed by atoms with E-state index in [2.05, 4.69) is 6.92 Å². The van der Waals surface area contributed by atoms with Gasteiger partial charge < -0.3 is 15.5 Å². The van der Waals surface area contributed by atoms with Crippen molar-refractivity contribution in [2.75, 3.05) is 26.2 Å².